The predicted octanol–water partition coefficient (Wildman–Crippen LogP) is 1.59. The molecule has 15 heavy (non-hydrogen) atoms. The molecule has 1 rings (SSSR count). The van der Waals surface area contributed by atoms with Gasteiger partial charge in [0.05, 0.1) is 0 Å². The highest BCUT2D eigenvalue weighted by Gasteiger charge is 2.29. The van der Waals surface area contributed by atoms with Crippen molar-refractivity contribution in [3.05, 3.63) is 0 Å². The standard InChI is InChI=1S/C12H24N2O/c1-5-10(6-2)12(15)14-8-7-11(9-14)13(3)4/h10-11H,5-9H2,1-4H3. The Bertz CT molecular complexity index is 212. The van der Waals surface area contributed by atoms with Crippen molar-refractivity contribution in [1.82, 2.24) is 9.80 Å². The second-order valence-electron chi connectivity index (χ2n) is 4.70. The second kappa shape index (κ2) is 5.50. The van der Waals surface area contributed by atoms with Gasteiger partial charge in [-0.1, -0.05) is 13.8 Å². The third-order valence-electron chi connectivity index (χ3n) is 3.54. The zero-order valence-corrected chi connectivity index (χ0v) is 10.5. The fourth-order valence-corrected chi connectivity index (χ4v) is 2.26. The summed E-state index contributed by atoms with van der Waals surface area (Å²) in [5.74, 6) is 0.607. The molecule has 1 fully saturated rings. The minimum atomic E-state index is 0.242. The molecule has 1 aliphatic rings. The van der Waals surface area contributed by atoms with E-state index in [1.807, 2.05) is 4.90 Å². The molecule has 1 atom stereocenters. The van der Waals surface area contributed by atoms with Gasteiger partial charge in [0, 0.05) is 25.0 Å². The summed E-state index contributed by atoms with van der Waals surface area (Å²) >= 11 is 0. The van der Waals surface area contributed by atoms with Gasteiger partial charge in [-0.2, -0.15) is 0 Å². The molecule has 1 heterocycles. The van der Waals surface area contributed by atoms with Crippen molar-refractivity contribution in [3.8, 4) is 0 Å². The lowest BCUT2D eigenvalue weighted by molar-refractivity contribution is -0.134. The molecule has 1 amide bonds. The lowest BCUT2D eigenvalue weighted by Gasteiger charge is -2.23. The van der Waals surface area contributed by atoms with Crippen LogP contribution >= 0.6 is 0 Å². The average molecular weight is 212 g/mol. The molecule has 0 aromatic rings. The Balaban J connectivity index is 2.49. The molecule has 0 spiro atoms. The summed E-state index contributed by atoms with van der Waals surface area (Å²) in [7, 11) is 4.19. The van der Waals surface area contributed by atoms with Crippen LogP contribution in [0.25, 0.3) is 0 Å². The molecule has 0 N–H and O–H groups in total. The van der Waals surface area contributed by atoms with Crippen molar-refractivity contribution in [3.63, 3.8) is 0 Å². The fourth-order valence-electron chi connectivity index (χ4n) is 2.26. The van der Waals surface area contributed by atoms with E-state index in [0.29, 0.717) is 11.9 Å². The first-order valence-electron chi connectivity index (χ1n) is 6.05. The van der Waals surface area contributed by atoms with E-state index in [9.17, 15) is 4.79 Å². The van der Waals surface area contributed by atoms with E-state index < -0.39 is 0 Å². The fraction of sp³-hybridized carbons (Fsp3) is 0.917. The SMILES string of the molecule is CCC(CC)C(=O)N1CCC(N(C)C)C1. The predicted molar refractivity (Wildman–Crippen MR) is 62.7 cm³/mol. The van der Waals surface area contributed by atoms with Crippen LogP contribution in [0.5, 0.6) is 0 Å². The molecule has 0 bridgehead atoms. The monoisotopic (exact) mass is 212 g/mol. The van der Waals surface area contributed by atoms with Crippen molar-refractivity contribution < 1.29 is 4.79 Å². The van der Waals surface area contributed by atoms with Gasteiger partial charge >= 0.3 is 0 Å². The van der Waals surface area contributed by atoms with Crippen molar-refractivity contribution in [1.29, 1.82) is 0 Å². The van der Waals surface area contributed by atoms with Gasteiger partial charge in [-0.05, 0) is 33.4 Å². The highest BCUT2D eigenvalue weighted by molar-refractivity contribution is 5.79. The first-order chi connectivity index (χ1) is 7.10. The van der Waals surface area contributed by atoms with Gasteiger partial charge in [0.15, 0.2) is 0 Å². The van der Waals surface area contributed by atoms with Crippen LogP contribution in [0.1, 0.15) is 33.1 Å². The van der Waals surface area contributed by atoms with E-state index in [4.69, 9.17) is 0 Å². The number of hydrogen-bond acceptors (Lipinski definition) is 2. The van der Waals surface area contributed by atoms with Crippen LogP contribution in [0.3, 0.4) is 0 Å². The molecule has 3 nitrogen and oxygen atoms in total. The minimum absolute atomic E-state index is 0.242. The van der Waals surface area contributed by atoms with Crippen LogP contribution in [-0.4, -0.2) is 48.9 Å². The van der Waals surface area contributed by atoms with E-state index in [2.05, 4.69) is 32.8 Å². The number of rotatable bonds is 4. The number of carbonyl (C=O) groups excluding carboxylic acids is 1. The van der Waals surface area contributed by atoms with Gasteiger partial charge in [0.1, 0.15) is 0 Å². The number of hydrogen-bond donors (Lipinski definition) is 0. The molecule has 3 heteroatoms. The quantitative estimate of drug-likeness (QED) is 0.706. The van der Waals surface area contributed by atoms with Crippen molar-refractivity contribution in [2.75, 3.05) is 27.2 Å². The Hall–Kier alpha value is -0.570. The summed E-state index contributed by atoms with van der Waals surface area (Å²) in [6.45, 7) is 6.07. The van der Waals surface area contributed by atoms with E-state index in [1.165, 1.54) is 0 Å². The summed E-state index contributed by atoms with van der Waals surface area (Å²) < 4.78 is 0. The highest BCUT2D eigenvalue weighted by atomic mass is 16.2. The maximum absolute atomic E-state index is 12.1. The van der Waals surface area contributed by atoms with Crippen LogP contribution in [0.2, 0.25) is 0 Å². The van der Waals surface area contributed by atoms with Gasteiger partial charge in [0.2, 0.25) is 5.91 Å². The van der Waals surface area contributed by atoms with Crippen molar-refractivity contribution >= 4 is 5.91 Å². The van der Waals surface area contributed by atoms with Crippen LogP contribution in [0, 0.1) is 5.92 Å². The van der Waals surface area contributed by atoms with E-state index in [0.717, 1.165) is 32.4 Å². The molecular formula is C12H24N2O. The number of amides is 1. The Morgan fingerprint density at radius 1 is 1.40 bits per heavy atom. The molecule has 1 aliphatic heterocycles. The Labute approximate surface area is 93.4 Å². The summed E-state index contributed by atoms with van der Waals surface area (Å²) in [4.78, 5) is 16.3. The molecule has 1 unspecified atom stereocenters. The number of nitrogens with zero attached hydrogens (tertiary/aromatic N) is 2. The smallest absolute Gasteiger partial charge is 0.225 e. The topological polar surface area (TPSA) is 23.6 Å². The van der Waals surface area contributed by atoms with Gasteiger partial charge in [0.25, 0.3) is 0 Å². The Morgan fingerprint density at radius 2 is 2.00 bits per heavy atom. The molecule has 0 aromatic heterocycles. The zero-order chi connectivity index (χ0) is 11.4. The van der Waals surface area contributed by atoms with Crippen molar-refractivity contribution in [2.45, 2.75) is 39.2 Å². The van der Waals surface area contributed by atoms with Gasteiger partial charge in [-0.3, -0.25) is 4.79 Å². The summed E-state index contributed by atoms with van der Waals surface area (Å²) in [5.41, 5.74) is 0. The molecular weight excluding hydrogens is 188 g/mol. The molecule has 88 valence electrons. The summed E-state index contributed by atoms with van der Waals surface area (Å²) in [6.07, 6.45) is 3.07. The number of carbonyl (C=O) groups is 1. The van der Waals surface area contributed by atoms with E-state index >= 15 is 0 Å². The number of likely N-dealkylation sites (tertiary alicyclic amines) is 1. The minimum Gasteiger partial charge on any atom is -0.341 e. The maximum atomic E-state index is 12.1. The summed E-state index contributed by atoms with van der Waals surface area (Å²) in [6, 6.07) is 0.559. The Morgan fingerprint density at radius 3 is 2.40 bits per heavy atom. The zero-order valence-electron chi connectivity index (χ0n) is 10.5. The second-order valence-corrected chi connectivity index (χ2v) is 4.70. The lowest BCUT2D eigenvalue weighted by atomic mass is 10.0. The molecule has 0 aromatic carbocycles. The number of likely N-dealkylation sites (N-methyl/N-ethyl adjacent to an activating group) is 1. The van der Waals surface area contributed by atoms with E-state index in [1.54, 1.807) is 0 Å². The van der Waals surface area contributed by atoms with Crippen LogP contribution < -0.4 is 0 Å². The van der Waals surface area contributed by atoms with Crippen molar-refractivity contribution in [2.24, 2.45) is 5.92 Å². The van der Waals surface area contributed by atoms with Gasteiger partial charge in [-0.25, -0.2) is 0 Å². The molecule has 0 aliphatic carbocycles. The van der Waals surface area contributed by atoms with Crippen LogP contribution in [0.4, 0.5) is 0 Å². The average Bonchev–Trinajstić information content (AvgIpc) is 2.68. The van der Waals surface area contributed by atoms with E-state index in [-0.39, 0.29) is 5.92 Å². The maximum Gasteiger partial charge on any atom is 0.225 e. The molecule has 1 saturated heterocycles. The van der Waals surface area contributed by atoms with Crippen LogP contribution in [-0.2, 0) is 4.79 Å². The van der Waals surface area contributed by atoms with Crippen LogP contribution in [0.15, 0.2) is 0 Å². The lowest BCUT2D eigenvalue weighted by Crippen LogP contribution is -2.37. The summed E-state index contributed by atoms with van der Waals surface area (Å²) in [5, 5.41) is 0. The first-order valence-corrected chi connectivity index (χ1v) is 6.05. The first kappa shape index (κ1) is 12.5. The van der Waals surface area contributed by atoms with Gasteiger partial charge < -0.3 is 9.80 Å². The largest absolute Gasteiger partial charge is 0.341 e. The molecule has 0 saturated carbocycles. The Kier molecular flexibility index (Phi) is 4.58. The third kappa shape index (κ3) is 2.94. The highest BCUT2D eigenvalue weighted by Crippen LogP contribution is 2.18. The third-order valence-corrected chi connectivity index (χ3v) is 3.54. The van der Waals surface area contributed by atoms with Gasteiger partial charge in [-0.15, -0.1) is 0 Å². The molecule has 0 radical (unpaired) electrons. The normalized spacial score (nSPS) is 21.7.